The van der Waals surface area contributed by atoms with Gasteiger partial charge in [0.25, 0.3) is 0 Å². The molecule has 0 saturated heterocycles. The molecule has 0 heterocycles. The third-order valence-corrected chi connectivity index (χ3v) is 4.60. The minimum absolute atomic E-state index is 1.23. The zero-order chi connectivity index (χ0) is 14.5. The van der Waals surface area contributed by atoms with Crippen molar-refractivity contribution in [3.63, 3.8) is 0 Å². The lowest BCUT2D eigenvalue weighted by Crippen LogP contribution is -2.02. The maximum atomic E-state index is 2.32. The van der Waals surface area contributed by atoms with E-state index in [0.29, 0.717) is 0 Å². The number of benzene rings is 2. The van der Waals surface area contributed by atoms with Gasteiger partial charge < -0.3 is 0 Å². The highest BCUT2D eigenvalue weighted by Crippen LogP contribution is 2.32. The van der Waals surface area contributed by atoms with Crippen LogP contribution in [-0.4, -0.2) is 0 Å². The molecule has 0 nitrogen and oxygen atoms in total. The standard InChI is InChI=1S/C20H28/c1-5-7-11-17-15(3)16(4)18-13-9-10-14-20(18)19(17)12-8-6-2/h9-10,13-14H,5-8,11-12H2,1-4H3. The van der Waals surface area contributed by atoms with Crippen molar-refractivity contribution < 1.29 is 0 Å². The molecule has 0 heteroatoms. The van der Waals surface area contributed by atoms with E-state index in [1.165, 1.54) is 60.4 Å². The number of fused-ring (bicyclic) bond motifs is 1. The summed E-state index contributed by atoms with van der Waals surface area (Å²) in [6.45, 7) is 9.18. The molecule has 0 bridgehead atoms. The van der Waals surface area contributed by atoms with Gasteiger partial charge in [-0.3, -0.25) is 0 Å². The molecule has 0 saturated carbocycles. The first-order valence-corrected chi connectivity index (χ1v) is 8.20. The highest BCUT2D eigenvalue weighted by atomic mass is 14.2. The predicted octanol–water partition coefficient (Wildman–Crippen LogP) is 6.14. The van der Waals surface area contributed by atoms with Crippen LogP contribution < -0.4 is 0 Å². The maximum Gasteiger partial charge on any atom is -0.0146 e. The molecule has 0 N–H and O–H groups in total. The van der Waals surface area contributed by atoms with Gasteiger partial charge in [0.1, 0.15) is 0 Å². The van der Waals surface area contributed by atoms with E-state index in [1.807, 2.05) is 0 Å². The zero-order valence-electron chi connectivity index (χ0n) is 13.6. The SMILES string of the molecule is CCCCc1c(C)c(C)c2ccccc2c1CCCC. The molecule has 0 radical (unpaired) electrons. The van der Waals surface area contributed by atoms with Crippen molar-refractivity contribution in [3.05, 3.63) is 46.5 Å². The van der Waals surface area contributed by atoms with E-state index in [1.54, 1.807) is 11.1 Å². The Kier molecular flexibility index (Phi) is 5.23. The molecule has 2 aromatic carbocycles. The molecular formula is C20H28. The van der Waals surface area contributed by atoms with E-state index in [-0.39, 0.29) is 0 Å². The van der Waals surface area contributed by atoms with Crippen molar-refractivity contribution in [2.45, 2.75) is 66.2 Å². The van der Waals surface area contributed by atoms with Crippen LogP contribution in [0.1, 0.15) is 61.8 Å². The molecule has 0 atom stereocenters. The van der Waals surface area contributed by atoms with Crippen LogP contribution in [-0.2, 0) is 12.8 Å². The van der Waals surface area contributed by atoms with Crippen LogP contribution in [0.2, 0.25) is 0 Å². The molecule has 2 rings (SSSR count). The molecule has 0 unspecified atom stereocenters. The Balaban J connectivity index is 2.63. The molecule has 0 aliphatic rings. The minimum Gasteiger partial charge on any atom is -0.0654 e. The summed E-state index contributed by atoms with van der Waals surface area (Å²) in [6, 6.07) is 8.97. The molecular weight excluding hydrogens is 240 g/mol. The van der Waals surface area contributed by atoms with Gasteiger partial charge in [-0.25, -0.2) is 0 Å². The summed E-state index contributed by atoms with van der Waals surface area (Å²) >= 11 is 0. The first-order chi connectivity index (χ1) is 9.70. The van der Waals surface area contributed by atoms with E-state index in [2.05, 4.69) is 52.0 Å². The van der Waals surface area contributed by atoms with Crippen molar-refractivity contribution >= 4 is 10.8 Å². The molecule has 2 aromatic rings. The minimum atomic E-state index is 1.23. The van der Waals surface area contributed by atoms with Gasteiger partial charge in [0, 0.05) is 0 Å². The highest BCUT2D eigenvalue weighted by molar-refractivity contribution is 5.91. The lowest BCUT2D eigenvalue weighted by atomic mass is 9.86. The summed E-state index contributed by atoms with van der Waals surface area (Å²) in [6.07, 6.45) is 7.63. The van der Waals surface area contributed by atoms with Gasteiger partial charge in [0.15, 0.2) is 0 Å². The topological polar surface area (TPSA) is 0 Å². The summed E-state index contributed by atoms with van der Waals surface area (Å²) in [7, 11) is 0. The Morgan fingerprint density at radius 3 is 1.85 bits per heavy atom. The molecule has 0 aromatic heterocycles. The molecule has 20 heavy (non-hydrogen) atoms. The summed E-state index contributed by atoms with van der Waals surface area (Å²) in [5, 5.41) is 2.95. The van der Waals surface area contributed by atoms with Crippen molar-refractivity contribution in [3.8, 4) is 0 Å². The van der Waals surface area contributed by atoms with Crippen LogP contribution in [0.4, 0.5) is 0 Å². The fourth-order valence-electron chi connectivity index (χ4n) is 3.22. The number of hydrogen-bond acceptors (Lipinski definition) is 0. The summed E-state index contributed by atoms with van der Waals surface area (Å²) < 4.78 is 0. The van der Waals surface area contributed by atoms with E-state index in [9.17, 15) is 0 Å². The van der Waals surface area contributed by atoms with Gasteiger partial charge in [0.2, 0.25) is 0 Å². The van der Waals surface area contributed by atoms with Gasteiger partial charge in [-0.1, -0.05) is 51.0 Å². The maximum absolute atomic E-state index is 2.32. The van der Waals surface area contributed by atoms with Crippen LogP contribution in [0, 0.1) is 13.8 Å². The Morgan fingerprint density at radius 1 is 0.700 bits per heavy atom. The molecule has 108 valence electrons. The number of hydrogen-bond donors (Lipinski definition) is 0. The predicted molar refractivity (Wildman–Crippen MR) is 90.6 cm³/mol. The van der Waals surface area contributed by atoms with Crippen molar-refractivity contribution in [1.82, 2.24) is 0 Å². The Hall–Kier alpha value is -1.30. The van der Waals surface area contributed by atoms with E-state index in [0.717, 1.165) is 0 Å². The Bertz CT molecular complexity index is 578. The Morgan fingerprint density at radius 2 is 1.25 bits per heavy atom. The third-order valence-electron chi connectivity index (χ3n) is 4.60. The number of rotatable bonds is 6. The van der Waals surface area contributed by atoms with Crippen LogP contribution >= 0.6 is 0 Å². The smallest absolute Gasteiger partial charge is 0.0146 e. The summed E-state index contributed by atoms with van der Waals surface area (Å²) in [4.78, 5) is 0. The van der Waals surface area contributed by atoms with Crippen molar-refractivity contribution in [1.29, 1.82) is 0 Å². The molecule has 0 aliphatic heterocycles. The third kappa shape index (κ3) is 2.90. The summed E-state index contributed by atoms with van der Waals surface area (Å²) in [5.41, 5.74) is 6.27. The van der Waals surface area contributed by atoms with Crippen molar-refractivity contribution in [2.75, 3.05) is 0 Å². The van der Waals surface area contributed by atoms with E-state index >= 15 is 0 Å². The average molecular weight is 268 g/mol. The summed E-state index contributed by atoms with van der Waals surface area (Å²) in [5.74, 6) is 0. The van der Waals surface area contributed by atoms with Crippen molar-refractivity contribution in [2.24, 2.45) is 0 Å². The first-order valence-electron chi connectivity index (χ1n) is 8.20. The van der Waals surface area contributed by atoms with E-state index < -0.39 is 0 Å². The molecule has 0 aliphatic carbocycles. The highest BCUT2D eigenvalue weighted by Gasteiger charge is 2.13. The Labute approximate surface area is 124 Å². The van der Waals surface area contributed by atoms with Crippen LogP contribution in [0.5, 0.6) is 0 Å². The fourth-order valence-corrected chi connectivity index (χ4v) is 3.22. The molecule has 0 amide bonds. The number of unbranched alkanes of at least 4 members (excludes halogenated alkanes) is 2. The second-order valence-electron chi connectivity index (χ2n) is 5.96. The fraction of sp³-hybridized carbons (Fsp3) is 0.500. The second-order valence-corrected chi connectivity index (χ2v) is 5.96. The monoisotopic (exact) mass is 268 g/mol. The normalized spacial score (nSPS) is 11.2. The van der Waals surface area contributed by atoms with Gasteiger partial charge in [0.05, 0.1) is 0 Å². The lowest BCUT2D eigenvalue weighted by Gasteiger charge is -2.19. The van der Waals surface area contributed by atoms with Crippen LogP contribution in [0.25, 0.3) is 10.8 Å². The lowest BCUT2D eigenvalue weighted by molar-refractivity contribution is 0.758. The van der Waals surface area contributed by atoms with Gasteiger partial charge >= 0.3 is 0 Å². The number of aryl methyl sites for hydroxylation is 2. The molecule has 0 fully saturated rings. The average Bonchev–Trinajstić information content (AvgIpc) is 2.48. The second kappa shape index (κ2) is 6.92. The quantitative estimate of drug-likeness (QED) is 0.590. The van der Waals surface area contributed by atoms with Crippen LogP contribution in [0.3, 0.4) is 0 Å². The molecule has 0 spiro atoms. The largest absolute Gasteiger partial charge is 0.0654 e. The van der Waals surface area contributed by atoms with Crippen LogP contribution in [0.15, 0.2) is 24.3 Å². The first kappa shape index (κ1) is 15.1. The van der Waals surface area contributed by atoms with E-state index in [4.69, 9.17) is 0 Å². The van der Waals surface area contributed by atoms with Gasteiger partial charge in [-0.2, -0.15) is 0 Å². The van der Waals surface area contributed by atoms with Gasteiger partial charge in [-0.05, 0) is 72.6 Å². The zero-order valence-corrected chi connectivity index (χ0v) is 13.6. The van der Waals surface area contributed by atoms with Gasteiger partial charge in [-0.15, -0.1) is 0 Å².